The summed E-state index contributed by atoms with van der Waals surface area (Å²) in [5.41, 5.74) is -1.76. The van der Waals surface area contributed by atoms with Crippen molar-refractivity contribution in [1.29, 1.82) is 0 Å². The van der Waals surface area contributed by atoms with Gasteiger partial charge in [-0.2, -0.15) is 0 Å². The minimum atomic E-state index is -1.33. The predicted molar refractivity (Wildman–Crippen MR) is 182 cm³/mol. The van der Waals surface area contributed by atoms with Crippen LogP contribution in [0.15, 0.2) is 94.4 Å². The molecule has 4 aromatic rings. The Balaban J connectivity index is 1.20. The molecule has 2 saturated carbocycles. The standard InChI is InChI=1S/C39H38N2O10/c1-37-16-15-29-38(2,21-47-36(50-29)23-8-5-4-6-9-23)28(37)19-30(49-34(43)22-11-13-25(14-12-22)41(45)46)39(3)33(37)32(42)31-27(51-39)18-26(48-35(31)44)24-10-7-17-40-20-24/h4-14,17-18,20,28-30,32-33,36,42H,15-16,19,21H2,1-3H3/t28?,29-,30-,32-,33?,36?,37-,38?,39+/m0/s1. The van der Waals surface area contributed by atoms with Gasteiger partial charge >= 0.3 is 11.6 Å². The van der Waals surface area contributed by atoms with Crippen molar-refractivity contribution in [3.05, 3.63) is 122 Å². The first-order chi connectivity index (χ1) is 24.4. The Morgan fingerprint density at radius 3 is 2.51 bits per heavy atom. The largest absolute Gasteiger partial charge is 0.482 e. The number of hydrogen-bond acceptors (Lipinski definition) is 11. The molecule has 4 heterocycles. The van der Waals surface area contributed by atoms with Crippen molar-refractivity contribution in [3.63, 3.8) is 0 Å². The van der Waals surface area contributed by atoms with Gasteiger partial charge in [0.15, 0.2) is 6.29 Å². The summed E-state index contributed by atoms with van der Waals surface area (Å²) in [4.78, 5) is 42.4. The van der Waals surface area contributed by atoms with E-state index in [1.807, 2.05) is 37.3 Å². The zero-order chi connectivity index (χ0) is 35.7. The number of ether oxygens (including phenoxy) is 4. The summed E-state index contributed by atoms with van der Waals surface area (Å²) >= 11 is 0. The molecule has 0 spiro atoms. The van der Waals surface area contributed by atoms with Crippen molar-refractivity contribution in [2.45, 2.75) is 70.2 Å². The third kappa shape index (κ3) is 5.27. The summed E-state index contributed by atoms with van der Waals surface area (Å²) in [5, 5.41) is 23.6. The molecule has 0 bridgehead atoms. The second-order valence-electron chi connectivity index (χ2n) is 14.8. The molecule has 264 valence electrons. The number of non-ortho nitro benzene ring substituents is 1. The van der Waals surface area contributed by atoms with Gasteiger partial charge in [-0.1, -0.05) is 44.2 Å². The second kappa shape index (κ2) is 12.1. The zero-order valence-corrected chi connectivity index (χ0v) is 28.4. The number of aliphatic hydroxyl groups is 1. The number of benzene rings is 2. The van der Waals surface area contributed by atoms with Crippen molar-refractivity contribution in [1.82, 2.24) is 4.98 Å². The topological polar surface area (TPSA) is 160 Å². The van der Waals surface area contributed by atoms with E-state index in [0.717, 1.165) is 5.56 Å². The minimum absolute atomic E-state index is 0.0139. The minimum Gasteiger partial charge on any atom is -0.482 e. The van der Waals surface area contributed by atoms with Crippen LogP contribution in [0.25, 0.3) is 11.3 Å². The van der Waals surface area contributed by atoms with Gasteiger partial charge in [0, 0.05) is 53.1 Å². The van der Waals surface area contributed by atoms with Gasteiger partial charge in [0.1, 0.15) is 28.8 Å². The molecule has 3 fully saturated rings. The van der Waals surface area contributed by atoms with Gasteiger partial charge in [0.25, 0.3) is 5.69 Å². The van der Waals surface area contributed by atoms with Crippen molar-refractivity contribution < 1.29 is 38.2 Å². The number of nitrogens with zero attached hydrogens (tertiary/aromatic N) is 2. The zero-order valence-electron chi connectivity index (χ0n) is 28.4. The lowest BCUT2D eigenvalue weighted by molar-refractivity contribution is -0.384. The molecule has 4 aliphatic rings. The van der Waals surface area contributed by atoms with Gasteiger partial charge < -0.3 is 28.5 Å². The first kappa shape index (κ1) is 33.2. The normalized spacial score (nSPS) is 33.7. The summed E-state index contributed by atoms with van der Waals surface area (Å²) in [6, 6.07) is 20.0. The third-order valence-electron chi connectivity index (χ3n) is 12.0. The van der Waals surface area contributed by atoms with Crippen LogP contribution >= 0.6 is 0 Å². The van der Waals surface area contributed by atoms with Gasteiger partial charge in [-0.15, -0.1) is 0 Å². The molecule has 4 unspecified atom stereocenters. The Bertz CT molecular complexity index is 2040. The van der Waals surface area contributed by atoms with Crippen LogP contribution in [0.4, 0.5) is 5.69 Å². The summed E-state index contributed by atoms with van der Waals surface area (Å²) in [6.07, 6.45) is 1.84. The SMILES string of the molecule is CC12COC(c3ccccc3)O[C@H]1CC[C@@]1(C)C2C[C@H](OC(=O)c2ccc([N+](=O)[O-])cc2)[C@@]2(C)Oc3cc(-c4cccnc4)oc(=O)c3[C@H](O)C12. The van der Waals surface area contributed by atoms with Crippen LogP contribution in [0.5, 0.6) is 5.75 Å². The number of pyridine rings is 1. The molecule has 0 radical (unpaired) electrons. The average molecular weight is 695 g/mol. The second-order valence-corrected chi connectivity index (χ2v) is 14.8. The maximum atomic E-state index is 13.8. The Morgan fingerprint density at radius 2 is 1.80 bits per heavy atom. The molecule has 8 rings (SSSR count). The highest BCUT2D eigenvalue weighted by atomic mass is 16.7. The molecule has 0 amide bonds. The van der Waals surface area contributed by atoms with Crippen LogP contribution in [0, 0.1) is 32.8 Å². The molecule has 51 heavy (non-hydrogen) atoms. The summed E-state index contributed by atoms with van der Waals surface area (Å²) in [6.45, 7) is 6.42. The van der Waals surface area contributed by atoms with E-state index in [1.54, 1.807) is 30.6 Å². The first-order valence-corrected chi connectivity index (χ1v) is 17.2. The molecule has 12 heteroatoms. The van der Waals surface area contributed by atoms with E-state index >= 15 is 0 Å². The number of esters is 1. The van der Waals surface area contributed by atoms with Crippen molar-refractivity contribution in [2.24, 2.45) is 22.7 Å². The van der Waals surface area contributed by atoms with E-state index in [2.05, 4.69) is 18.8 Å². The third-order valence-corrected chi connectivity index (χ3v) is 12.0. The van der Waals surface area contributed by atoms with Crippen LogP contribution in [0.1, 0.15) is 73.9 Å². The number of nitro benzene ring substituents is 1. The highest BCUT2D eigenvalue weighted by Crippen LogP contribution is 2.68. The van der Waals surface area contributed by atoms with Gasteiger partial charge in [0.2, 0.25) is 0 Å². The van der Waals surface area contributed by atoms with Crippen molar-refractivity contribution >= 4 is 11.7 Å². The summed E-state index contributed by atoms with van der Waals surface area (Å²) < 4.78 is 32.0. The molecule has 1 saturated heterocycles. The number of nitro groups is 1. The molecule has 9 atom stereocenters. The summed E-state index contributed by atoms with van der Waals surface area (Å²) in [7, 11) is 0. The van der Waals surface area contributed by atoms with Gasteiger partial charge in [-0.25, -0.2) is 9.59 Å². The fourth-order valence-corrected chi connectivity index (χ4v) is 9.56. The van der Waals surface area contributed by atoms with E-state index in [4.69, 9.17) is 23.4 Å². The molecule has 1 N–H and O–H groups in total. The fraction of sp³-hybridized carbons (Fsp3) is 0.410. The van der Waals surface area contributed by atoms with Gasteiger partial charge in [-0.05, 0) is 61.8 Å². The highest BCUT2D eigenvalue weighted by Gasteiger charge is 2.71. The van der Waals surface area contributed by atoms with E-state index in [0.29, 0.717) is 31.4 Å². The molecule has 2 aromatic heterocycles. The van der Waals surface area contributed by atoms with E-state index in [9.17, 15) is 24.8 Å². The number of fused-ring (bicyclic) bond motifs is 6. The molecular formula is C39H38N2O10. The lowest BCUT2D eigenvalue weighted by Crippen LogP contribution is -2.71. The molecule has 12 nitrogen and oxygen atoms in total. The monoisotopic (exact) mass is 694 g/mol. The Labute approximate surface area is 293 Å². The lowest BCUT2D eigenvalue weighted by Gasteiger charge is -2.67. The van der Waals surface area contributed by atoms with E-state index in [-0.39, 0.29) is 40.3 Å². The van der Waals surface area contributed by atoms with Gasteiger partial charge in [-0.3, -0.25) is 15.1 Å². The molecule has 2 aliphatic carbocycles. The van der Waals surface area contributed by atoms with Gasteiger partial charge in [0.05, 0.1) is 29.3 Å². The van der Waals surface area contributed by atoms with Crippen molar-refractivity contribution in [2.75, 3.05) is 6.61 Å². The smallest absolute Gasteiger partial charge is 0.345 e. The molecule has 2 aromatic carbocycles. The molecular weight excluding hydrogens is 656 g/mol. The summed E-state index contributed by atoms with van der Waals surface area (Å²) in [5.74, 6) is -1.26. The van der Waals surface area contributed by atoms with Crippen molar-refractivity contribution in [3.8, 4) is 17.1 Å². The maximum absolute atomic E-state index is 13.8. The number of rotatable bonds is 5. The van der Waals surface area contributed by atoms with E-state index < -0.39 is 57.4 Å². The van der Waals surface area contributed by atoms with E-state index in [1.165, 1.54) is 24.3 Å². The highest BCUT2D eigenvalue weighted by molar-refractivity contribution is 5.89. The van der Waals surface area contributed by atoms with Crippen LogP contribution in [-0.4, -0.2) is 45.4 Å². The Morgan fingerprint density at radius 1 is 1.04 bits per heavy atom. The van der Waals surface area contributed by atoms with Crippen LogP contribution in [0.2, 0.25) is 0 Å². The lowest BCUT2D eigenvalue weighted by atomic mass is 9.42. The number of hydrogen-bond donors (Lipinski definition) is 1. The number of aliphatic hydroxyl groups excluding tert-OH is 1. The fourth-order valence-electron chi connectivity index (χ4n) is 9.56. The Hall–Kier alpha value is -4.91. The van der Waals surface area contributed by atoms with Crippen LogP contribution in [-0.2, 0) is 14.2 Å². The Kier molecular flexibility index (Phi) is 7.89. The quantitative estimate of drug-likeness (QED) is 0.137. The average Bonchev–Trinajstić information content (AvgIpc) is 3.12. The van der Waals surface area contributed by atoms with Crippen LogP contribution < -0.4 is 10.4 Å². The number of carbonyl (C=O) groups excluding carboxylic acids is 1. The number of aromatic nitrogens is 1. The number of carbonyl (C=O) groups is 1. The first-order valence-electron chi connectivity index (χ1n) is 17.2. The van der Waals surface area contributed by atoms with Crippen LogP contribution in [0.3, 0.4) is 0 Å². The predicted octanol–water partition coefficient (Wildman–Crippen LogP) is 6.58. The molecule has 2 aliphatic heterocycles. The maximum Gasteiger partial charge on any atom is 0.345 e.